The molecule has 29 heavy (non-hydrogen) atoms. The van der Waals surface area contributed by atoms with Gasteiger partial charge >= 0.3 is 0 Å². The average molecular weight is 414 g/mol. The molecular formula is C20H23N5O3S. The van der Waals surface area contributed by atoms with Crippen LogP contribution in [0.2, 0.25) is 0 Å². The van der Waals surface area contributed by atoms with E-state index in [1.54, 1.807) is 37.1 Å². The largest absolute Gasteiger partial charge is 0.493 e. The van der Waals surface area contributed by atoms with Gasteiger partial charge in [-0.25, -0.2) is 0 Å². The van der Waals surface area contributed by atoms with Gasteiger partial charge in [0.1, 0.15) is 0 Å². The Labute approximate surface area is 173 Å². The molecule has 8 nitrogen and oxygen atoms in total. The fraction of sp³-hybridized carbons (Fsp3) is 0.300. The smallest absolute Gasteiger partial charge is 0.237 e. The number of nitrogens with one attached hydrogen (secondary N) is 1. The van der Waals surface area contributed by atoms with E-state index in [-0.39, 0.29) is 5.91 Å². The van der Waals surface area contributed by atoms with Crippen molar-refractivity contribution in [3.63, 3.8) is 0 Å². The molecule has 0 aliphatic heterocycles. The van der Waals surface area contributed by atoms with Gasteiger partial charge in [0.15, 0.2) is 11.5 Å². The molecule has 3 rings (SSSR count). The van der Waals surface area contributed by atoms with Crippen LogP contribution in [0.3, 0.4) is 0 Å². The molecule has 1 atom stereocenters. The summed E-state index contributed by atoms with van der Waals surface area (Å²) in [6, 6.07) is 11.3. The first-order chi connectivity index (χ1) is 13.9. The lowest BCUT2D eigenvalue weighted by Crippen LogP contribution is -2.23. The Kier molecular flexibility index (Phi) is 6.38. The van der Waals surface area contributed by atoms with Crippen LogP contribution in [0, 0.1) is 13.8 Å². The predicted molar refractivity (Wildman–Crippen MR) is 112 cm³/mol. The van der Waals surface area contributed by atoms with Gasteiger partial charge in [-0.2, -0.15) is 4.68 Å². The van der Waals surface area contributed by atoms with Crippen molar-refractivity contribution in [2.75, 3.05) is 19.5 Å². The van der Waals surface area contributed by atoms with Gasteiger partial charge in [0, 0.05) is 11.8 Å². The van der Waals surface area contributed by atoms with Gasteiger partial charge in [-0.1, -0.05) is 29.5 Å². The van der Waals surface area contributed by atoms with Crippen LogP contribution in [-0.4, -0.2) is 45.6 Å². The van der Waals surface area contributed by atoms with Crippen molar-refractivity contribution in [1.82, 2.24) is 20.2 Å². The van der Waals surface area contributed by atoms with Gasteiger partial charge in [0.05, 0.1) is 25.2 Å². The standard InChI is InChI=1S/C20H23N5O3S/c1-12-6-8-16(13(2)10-12)25-20(22-23-24-25)29-14(3)19(26)21-15-7-9-17(27-4)18(11-15)28-5/h6-11,14H,1-5H3,(H,21,26)/t14-/m1/s1. The Morgan fingerprint density at radius 3 is 2.55 bits per heavy atom. The number of hydrogen-bond donors (Lipinski definition) is 1. The molecular weight excluding hydrogens is 390 g/mol. The number of nitrogens with zero attached hydrogens (tertiary/aromatic N) is 4. The second kappa shape index (κ2) is 8.95. The van der Waals surface area contributed by atoms with Crippen LogP contribution in [0.1, 0.15) is 18.1 Å². The van der Waals surface area contributed by atoms with Gasteiger partial charge in [0.25, 0.3) is 0 Å². The van der Waals surface area contributed by atoms with Crippen molar-refractivity contribution in [3.05, 3.63) is 47.5 Å². The molecule has 2 aromatic carbocycles. The topological polar surface area (TPSA) is 91.2 Å². The molecule has 0 aliphatic carbocycles. The Hall–Kier alpha value is -3.07. The lowest BCUT2D eigenvalue weighted by molar-refractivity contribution is -0.115. The van der Waals surface area contributed by atoms with Gasteiger partial charge < -0.3 is 14.8 Å². The average Bonchev–Trinajstić information content (AvgIpc) is 3.15. The Morgan fingerprint density at radius 2 is 1.86 bits per heavy atom. The zero-order valence-corrected chi connectivity index (χ0v) is 17.8. The molecule has 1 N–H and O–H groups in total. The molecule has 0 fully saturated rings. The first-order valence-electron chi connectivity index (χ1n) is 8.98. The molecule has 9 heteroatoms. The summed E-state index contributed by atoms with van der Waals surface area (Å²) in [7, 11) is 3.11. The molecule has 0 radical (unpaired) electrons. The van der Waals surface area contributed by atoms with E-state index in [1.807, 2.05) is 32.9 Å². The number of amides is 1. The van der Waals surface area contributed by atoms with Crippen molar-refractivity contribution in [2.45, 2.75) is 31.2 Å². The van der Waals surface area contributed by atoms with E-state index in [9.17, 15) is 4.79 Å². The minimum atomic E-state index is -0.418. The van der Waals surface area contributed by atoms with Crippen LogP contribution in [0.25, 0.3) is 5.69 Å². The number of hydrogen-bond acceptors (Lipinski definition) is 7. The molecule has 0 bridgehead atoms. The highest BCUT2D eigenvalue weighted by Gasteiger charge is 2.20. The number of thioether (sulfide) groups is 1. The minimum absolute atomic E-state index is 0.169. The fourth-order valence-electron chi connectivity index (χ4n) is 2.82. The highest BCUT2D eigenvalue weighted by Crippen LogP contribution is 2.30. The quantitative estimate of drug-likeness (QED) is 0.594. The number of rotatable bonds is 7. The summed E-state index contributed by atoms with van der Waals surface area (Å²) in [6.07, 6.45) is 0. The maximum atomic E-state index is 12.7. The lowest BCUT2D eigenvalue weighted by Gasteiger charge is -2.14. The number of methoxy groups -OCH3 is 2. The van der Waals surface area contributed by atoms with Crippen molar-refractivity contribution in [2.24, 2.45) is 0 Å². The van der Waals surface area contributed by atoms with E-state index < -0.39 is 5.25 Å². The number of carbonyl (C=O) groups is 1. The molecule has 1 amide bonds. The monoisotopic (exact) mass is 413 g/mol. The first kappa shape index (κ1) is 20.7. The van der Waals surface area contributed by atoms with Crippen molar-refractivity contribution >= 4 is 23.4 Å². The van der Waals surface area contributed by atoms with E-state index in [0.29, 0.717) is 22.3 Å². The highest BCUT2D eigenvalue weighted by molar-refractivity contribution is 8.00. The molecule has 152 valence electrons. The lowest BCUT2D eigenvalue weighted by atomic mass is 10.1. The second-order valence-corrected chi connectivity index (χ2v) is 7.79. The number of aromatic nitrogens is 4. The highest BCUT2D eigenvalue weighted by atomic mass is 32.2. The van der Waals surface area contributed by atoms with Crippen LogP contribution in [-0.2, 0) is 4.79 Å². The molecule has 1 aromatic heterocycles. The number of anilines is 1. The molecule has 0 saturated heterocycles. The summed E-state index contributed by atoms with van der Waals surface area (Å²) in [4.78, 5) is 12.7. The maximum Gasteiger partial charge on any atom is 0.237 e. The molecule has 0 aliphatic rings. The zero-order chi connectivity index (χ0) is 21.0. The van der Waals surface area contributed by atoms with E-state index in [4.69, 9.17) is 9.47 Å². The normalized spacial score (nSPS) is 11.8. The number of ether oxygens (including phenoxy) is 2. The van der Waals surface area contributed by atoms with Gasteiger partial charge in [-0.3, -0.25) is 4.79 Å². The minimum Gasteiger partial charge on any atom is -0.493 e. The summed E-state index contributed by atoms with van der Waals surface area (Å²) in [5.74, 6) is 0.974. The summed E-state index contributed by atoms with van der Waals surface area (Å²) in [5.41, 5.74) is 3.72. The van der Waals surface area contributed by atoms with Crippen LogP contribution >= 0.6 is 11.8 Å². The predicted octanol–water partition coefficient (Wildman–Crippen LogP) is 3.42. The van der Waals surface area contributed by atoms with Crippen LogP contribution in [0.4, 0.5) is 5.69 Å². The molecule has 0 unspecified atom stereocenters. The van der Waals surface area contributed by atoms with Gasteiger partial charge in [-0.05, 0) is 55.0 Å². The third kappa shape index (κ3) is 4.68. The van der Waals surface area contributed by atoms with Crippen LogP contribution in [0.15, 0.2) is 41.6 Å². The van der Waals surface area contributed by atoms with E-state index >= 15 is 0 Å². The molecule has 0 saturated carbocycles. The third-order valence-electron chi connectivity index (χ3n) is 4.32. The van der Waals surface area contributed by atoms with E-state index in [0.717, 1.165) is 16.8 Å². The van der Waals surface area contributed by atoms with Crippen LogP contribution < -0.4 is 14.8 Å². The SMILES string of the molecule is COc1ccc(NC(=O)[C@@H](C)Sc2nnnn2-c2ccc(C)cc2C)cc1OC. The summed E-state index contributed by atoms with van der Waals surface area (Å²) in [6.45, 7) is 5.85. The van der Waals surface area contributed by atoms with Crippen molar-refractivity contribution < 1.29 is 14.3 Å². The maximum absolute atomic E-state index is 12.7. The van der Waals surface area contributed by atoms with E-state index in [1.165, 1.54) is 11.8 Å². The number of tetrazole rings is 1. The number of carbonyl (C=O) groups excluding carboxylic acids is 1. The van der Waals surface area contributed by atoms with Crippen LogP contribution in [0.5, 0.6) is 11.5 Å². The number of aryl methyl sites for hydroxylation is 2. The van der Waals surface area contributed by atoms with Gasteiger partial charge in [0.2, 0.25) is 11.1 Å². The van der Waals surface area contributed by atoms with Crippen molar-refractivity contribution in [3.8, 4) is 17.2 Å². The molecule has 3 aromatic rings. The molecule has 0 spiro atoms. The summed E-state index contributed by atoms with van der Waals surface area (Å²) >= 11 is 1.29. The third-order valence-corrected chi connectivity index (χ3v) is 5.36. The summed E-state index contributed by atoms with van der Waals surface area (Å²) in [5, 5.41) is 15.0. The van der Waals surface area contributed by atoms with Gasteiger partial charge in [-0.15, -0.1) is 5.10 Å². The Balaban J connectivity index is 1.73. The van der Waals surface area contributed by atoms with Crippen molar-refractivity contribution in [1.29, 1.82) is 0 Å². The summed E-state index contributed by atoms with van der Waals surface area (Å²) < 4.78 is 12.1. The second-order valence-electron chi connectivity index (χ2n) is 6.48. The van der Waals surface area contributed by atoms with E-state index in [2.05, 4.69) is 26.9 Å². The number of benzene rings is 2. The molecule has 1 heterocycles. The first-order valence-corrected chi connectivity index (χ1v) is 9.86. The zero-order valence-electron chi connectivity index (χ0n) is 17.0. The Bertz CT molecular complexity index is 1020. The Morgan fingerprint density at radius 1 is 1.10 bits per heavy atom. The fourth-order valence-corrected chi connectivity index (χ4v) is 3.62.